The van der Waals surface area contributed by atoms with Crippen LogP contribution in [0.2, 0.25) is 0 Å². The number of aliphatic hydroxyl groups excluding tert-OH is 1. The van der Waals surface area contributed by atoms with Crippen molar-refractivity contribution in [3.63, 3.8) is 0 Å². The first-order chi connectivity index (χ1) is 5.86. The van der Waals surface area contributed by atoms with Crippen LogP contribution < -0.4 is 0 Å². The van der Waals surface area contributed by atoms with Crippen LogP contribution in [-0.2, 0) is 18.0 Å². The third kappa shape index (κ3) is 2.68. The van der Waals surface area contributed by atoms with Crippen LogP contribution in [0, 0.1) is 0 Å². The number of aliphatic hydroxyl groups is 1. The van der Waals surface area contributed by atoms with Gasteiger partial charge in [0.15, 0.2) is 0 Å². The van der Waals surface area contributed by atoms with E-state index in [1.165, 1.54) is 0 Å². The molecular formula is C9H14O3. The van der Waals surface area contributed by atoms with E-state index in [-0.39, 0.29) is 6.61 Å². The molecule has 3 heteroatoms. The SMILES string of the molecule is CCCOCc1ccc(CO)o1. The van der Waals surface area contributed by atoms with Crippen molar-refractivity contribution in [2.45, 2.75) is 26.6 Å². The normalized spacial score (nSPS) is 10.5. The Balaban J connectivity index is 2.31. The Morgan fingerprint density at radius 2 is 2.17 bits per heavy atom. The fourth-order valence-electron chi connectivity index (χ4n) is 0.902. The molecular weight excluding hydrogens is 156 g/mol. The first-order valence-corrected chi connectivity index (χ1v) is 4.13. The van der Waals surface area contributed by atoms with E-state index in [1.807, 2.05) is 6.07 Å². The number of hydrogen-bond donors (Lipinski definition) is 1. The molecule has 1 rings (SSSR count). The van der Waals surface area contributed by atoms with Gasteiger partial charge in [-0.3, -0.25) is 0 Å². The quantitative estimate of drug-likeness (QED) is 0.684. The second-order valence-electron chi connectivity index (χ2n) is 2.58. The molecule has 1 heterocycles. The van der Waals surface area contributed by atoms with Gasteiger partial charge in [0.05, 0.1) is 0 Å². The van der Waals surface area contributed by atoms with Gasteiger partial charge in [0.25, 0.3) is 0 Å². The van der Waals surface area contributed by atoms with Gasteiger partial charge >= 0.3 is 0 Å². The van der Waals surface area contributed by atoms with Crippen LogP contribution >= 0.6 is 0 Å². The molecule has 0 aliphatic rings. The lowest BCUT2D eigenvalue weighted by atomic mass is 10.4. The Morgan fingerprint density at radius 3 is 2.75 bits per heavy atom. The predicted molar refractivity (Wildman–Crippen MR) is 44.6 cm³/mol. The highest BCUT2D eigenvalue weighted by molar-refractivity contribution is 5.05. The molecule has 3 nitrogen and oxygen atoms in total. The molecule has 0 aromatic carbocycles. The summed E-state index contributed by atoms with van der Waals surface area (Å²) in [5.41, 5.74) is 0. The largest absolute Gasteiger partial charge is 0.461 e. The maximum absolute atomic E-state index is 8.69. The van der Waals surface area contributed by atoms with E-state index in [2.05, 4.69) is 6.92 Å². The molecule has 1 N–H and O–H groups in total. The van der Waals surface area contributed by atoms with E-state index in [4.69, 9.17) is 14.3 Å². The first-order valence-electron chi connectivity index (χ1n) is 4.13. The summed E-state index contributed by atoms with van der Waals surface area (Å²) >= 11 is 0. The second-order valence-corrected chi connectivity index (χ2v) is 2.58. The Labute approximate surface area is 72.0 Å². The van der Waals surface area contributed by atoms with Crippen molar-refractivity contribution in [2.75, 3.05) is 6.61 Å². The number of furan rings is 1. The predicted octanol–water partition coefficient (Wildman–Crippen LogP) is 1.70. The van der Waals surface area contributed by atoms with E-state index in [1.54, 1.807) is 6.07 Å². The Hall–Kier alpha value is -0.800. The average Bonchev–Trinajstić information content (AvgIpc) is 2.53. The van der Waals surface area contributed by atoms with Gasteiger partial charge in [0, 0.05) is 6.61 Å². The summed E-state index contributed by atoms with van der Waals surface area (Å²) in [6.45, 7) is 3.25. The minimum absolute atomic E-state index is 0.0478. The number of rotatable bonds is 5. The second kappa shape index (κ2) is 4.95. The third-order valence-corrected chi connectivity index (χ3v) is 1.47. The minimum Gasteiger partial charge on any atom is -0.461 e. The van der Waals surface area contributed by atoms with E-state index in [9.17, 15) is 0 Å². The van der Waals surface area contributed by atoms with Crippen LogP contribution in [0.5, 0.6) is 0 Å². The lowest BCUT2D eigenvalue weighted by Crippen LogP contribution is -1.91. The van der Waals surface area contributed by atoms with Crippen molar-refractivity contribution < 1.29 is 14.3 Å². The van der Waals surface area contributed by atoms with Crippen LogP contribution in [0.25, 0.3) is 0 Å². The van der Waals surface area contributed by atoms with Crippen molar-refractivity contribution in [1.29, 1.82) is 0 Å². The van der Waals surface area contributed by atoms with Crippen LogP contribution in [0.1, 0.15) is 24.9 Å². The summed E-state index contributed by atoms with van der Waals surface area (Å²) in [6, 6.07) is 3.58. The standard InChI is InChI=1S/C9H14O3/c1-2-5-11-7-9-4-3-8(6-10)12-9/h3-4,10H,2,5-7H2,1H3. The van der Waals surface area contributed by atoms with E-state index >= 15 is 0 Å². The van der Waals surface area contributed by atoms with Crippen LogP contribution in [0.15, 0.2) is 16.5 Å². The third-order valence-electron chi connectivity index (χ3n) is 1.47. The van der Waals surface area contributed by atoms with Crippen molar-refractivity contribution in [1.82, 2.24) is 0 Å². The van der Waals surface area contributed by atoms with Gasteiger partial charge in [-0.15, -0.1) is 0 Å². The molecule has 0 atom stereocenters. The molecule has 12 heavy (non-hydrogen) atoms. The molecule has 0 unspecified atom stereocenters. The molecule has 0 fully saturated rings. The summed E-state index contributed by atoms with van der Waals surface area (Å²) in [5, 5.41) is 8.69. The van der Waals surface area contributed by atoms with Gasteiger partial charge in [0.1, 0.15) is 24.7 Å². The molecule has 0 amide bonds. The maximum Gasteiger partial charge on any atom is 0.129 e. The van der Waals surface area contributed by atoms with Gasteiger partial charge in [-0.1, -0.05) is 6.92 Å². The van der Waals surface area contributed by atoms with Crippen molar-refractivity contribution >= 4 is 0 Å². The fraction of sp³-hybridized carbons (Fsp3) is 0.556. The average molecular weight is 170 g/mol. The van der Waals surface area contributed by atoms with Gasteiger partial charge in [0.2, 0.25) is 0 Å². The lowest BCUT2D eigenvalue weighted by Gasteiger charge is -1.97. The number of hydrogen-bond acceptors (Lipinski definition) is 3. The first kappa shape index (κ1) is 9.29. The topological polar surface area (TPSA) is 42.6 Å². The maximum atomic E-state index is 8.69. The molecule has 0 saturated carbocycles. The summed E-state index contributed by atoms with van der Waals surface area (Å²) in [7, 11) is 0. The summed E-state index contributed by atoms with van der Waals surface area (Å²) < 4.78 is 10.5. The molecule has 0 saturated heterocycles. The highest BCUT2D eigenvalue weighted by Crippen LogP contribution is 2.08. The van der Waals surface area contributed by atoms with Crippen LogP contribution in [0.4, 0.5) is 0 Å². The molecule has 1 aromatic heterocycles. The highest BCUT2D eigenvalue weighted by atomic mass is 16.5. The fourth-order valence-corrected chi connectivity index (χ4v) is 0.902. The Kier molecular flexibility index (Phi) is 3.84. The molecule has 0 spiro atoms. The molecule has 0 bridgehead atoms. The van der Waals surface area contributed by atoms with E-state index in [0.717, 1.165) is 18.8 Å². The zero-order valence-corrected chi connectivity index (χ0v) is 7.25. The van der Waals surface area contributed by atoms with Crippen molar-refractivity contribution in [3.05, 3.63) is 23.7 Å². The van der Waals surface area contributed by atoms with Crippen molar-refractivity contribution in [2.24, 2.45) is 0 Å². The molecule has 1 aromatic rings. The molecule has 68 valence electrons. The minimum atomic E-state index is -0.0478. The van der Waals surface area contributed by atoms with E-state index in [0.29, 0.717) is 12.4 Å². The molecule has 0 aliphatic heterocycles. The zero-order chi connectivity index (χ0) is 8.81. The van der Waals surface area contributed by atoms with Gasteiger partial charge in [-0.25, -0.2) is 0 Å². The number of ether oxygens (including phenoxy) is 1. The smallest absolute Gasteiger partial charge is 0.129 e. The lowest BCUT2D eigenvalue weighted by molar-refractivity contribution is 0.104. The van der Waals surface area contributed by atoms with Gasteiger partial charge in [-0.2, -0.15) is 0 Å². The molecule has 0 aliphatic carbocycles. The molecule has 0 radical (unpaired) electrons. The zero-order valence-electron chi connectivity index (χ0n) is 7.25. The van der Waals surface area contributed by atoms with E-state index < -0.39 is 0 Å². The van der Waals surface area contributed by atoms with Crippen LogP contribution in [0.3, 0.4) is 0 Å². The highest BCUT2D eigenvalue weighted by Gasteiger charge is 1.99. The van der Waals surface area contributed by atoms with Gasteiger partial charge in [-0.05, 0) is 18.6 Å². The van der Waals surface area contributed by atoms with Crippen molar-refractivity contribution in [3.8, 4) is 0 Å². The summed E-state index contributed by atoms with van der Waals surface area (Å²) in [4.78, 5) is 0. The van der Waals surface area contributed by atoms with Crippen LogP contribution in [-0.4, -0.2) is 11.7 Å². The monoisotopic (exact) mass is 170 g/mol. The van der Waals surface area contributed by atoms with Gasteiger partial charge < -0.3 is 14.3 Å². The Bertz CT molecular complexity index is 217. The summed E-state index contributed by atoms with van der Waals surface area (Å²) in [6.07, 6.45) is 1.01. The summed E-state index contributed by atoms with van der Waals surface area (Å²) in [5.74, 6) is 1.36. The Morgan fingerprint density at radius 1 is 1.42 bits per heavy atom.